The summed E-state index contributed by atoms with van der Waals surface area (Å²) >= 11 is 0. The summed E-state index contributed by atoms with van der Waals surface area (Å²) < 4.78 is 16.6. The molecule has 0 radical (unpaired) electrons. The molecule has 4 unspecified atom stereocenters. The summed E-state index contributed by atoms with van der Waals surface area (Å²) in [6.45, 7) is 10.2. The highest BCUT2D eigenvalue weighted by Crippen LogP contribution is 2.36. The summed E-state index contributed by atoms with van der Waals surface area (Å²) in [4.78, 5) is 77.2. The number of ether oxygens (including phenoxy) is 2. The number of H-pyrrole nitrogens is 2. The number of imidazole rings is 2. The van der Waals surface area contributed by atoms with Crippen LogP contribution in [0, 0.1) is 5.92 Å². The van der Waals surface area contributed by atoms with Gasteiger partial charge >= 0.3 is 12.2 Å². The lowest BCUT2D eigenvalue weighted by Gasteiger charge is -2.30. The first-order chi connectivity index (χ1) is 30.3. The van der Waals surface area contributed by atoms with Crippen LogP contribution in [0.25, 0.3) is 45.1 Å². The van der Waals surface area contributed by atoms with Gasteiger partial charge in [0.1, 0.15) is 34.9 Å². The zero-order chi connectivity index (χ0) is 44.4. The quantitative estimate of drug-likeness (QED) is 0.0984. The number of carbonyl (C=O) groups excluding carboxylic acids is 4. The highest BCUT2D eigenvalue weighted by atomic mass is 16.6. The molecule has 3 aromatic carbocycles. The van der Waals surface area contributed by atoms with Crippen molar-refractivity contribution in [3.8, 4) is 34.0 Å². The minimum absolute atomic E-state index is 0.127. The van der Waals surface area contributed by atoms with E-state index in [-0.39, 0.29) is 29.8 Å². The Kier molecular flexibility index (Phi) is 12.1. The van der Waals surface area contributed by atoms with Crippen LogP contribution in [0.1, 0.15) is 95.6 Å². The average Bonchev–Trinajstić information content (AvgIpc) is 4.13. The monoisotopic (exact) mass is 855 g/mol. The van der Waals surface area contributed by atoms with Crippen molar-refractivity contribution in [3.63, 3.8) is 0 Å². The third-order valence-electron chi connectivity index (χ3n) is 11.5. The van der Waals surface area contributed by atoms with Crippen LogP contribution in [0.5, 0.6) is 0 Å². The zero-order valence-electron chi connectivity index (χ0n) is 36.3. The number of oxazole rings is 1. The lowest BCUT2D eigenvalue weighted by molar-refractivity contribution is -0.136. The van der Waals surface area contributed by atoms with E-state index in [1.165, 1.54) is 7.11 Å². The minimum Gasteiger partial charge on any atom is -0.453 e. The molecular weight excluding hydrogens is 803 g/mol. The van der Waals surface area contributed by atoms with Crippen molar-refractivity contribution in [2.45, 2.75) is 90.1 Å². The number of nitrogens with one attached hydrogen (secondary N) is 4. The van der Waals surface area contributed by atoms with Gasteiger partial charge in [0.25, 0.3) is 5.91 Å². The Bertz CT molecular complexity index is 2590. The first-order valence-corrected chi connectivity index (χ1v) is 21.4. The van der Waals surface area contributed by atoms with Crippen molar-refractivity contribution in [1.82, 2.24) is 45.4 Å². The van der Waals surface area contributed by atoms with Crippen LogP contribution in [0.2, 0.25) is 0 Å². The number of aromatic amines is 2. The maximum atomic E-state index is 14.2. The second kappa shape index (κ2) is 17.8. The van der Waals surface area contributed by atoms with Crippen molar-refractivity contribution >= 4 is 35.1 Å². The predicted octanol–water partition coefficient (Wildman–Crippen LogP) is 8.25. The summed E-state index contributed by atoms with van der Waals surface area (Å²) in [6.07, 6.45) is 5.32. The summed E-state index contributed by atoms with van der Waals surface area (Å²) in [5, 5.41) is 5.50. The fourth-order valence-electron chi connectivity index (χ4n) is 8.35. The molecule has 2 fully saturated rings. The third-order valence-corrected chi connectivity index (χ3v) is 11.5. The number of hydrogen-bond acceptors (Lipinski definition) is 10. The van der Waals surface area contributed by atoms with Gasteiger partial charge in [0.05, 0.1) is 43.0 Å². The molecule has 4 N–H and O–H groups in total. The Labute approximate surface area is 365 Å². The van der Waals surface area contributed by atoms with Crippen LogP contribution in [-0.4, -0.2) is 90.6 Å². The second-order valence-corrected chi connectivity index (χ2v) is 17.4. The Balaban J connectivity index is 0.947. The maximum absolute atomic E-state index is 14.2. The molecule has 8 rings (SSSR count). The van der Waals surface area contributed by atoms with E-state index >= 15 is 0 Å². The summed E-state index contributed by atoms with van der Waals surface area (Å²) in [5.41, 5.74) is 5.39. The van der Waals surface area contributed by atoms with Crippen LogP contribution < -0.4 is 10.6 Å². The molecule has 0 spiro atoms. The van der Waals surface area contributed by atoms with Gasteiger partial charge in [-0.25, -0.2) is 24.5 Å². The number of rotatable bonds is 11. The van der Waals surface area contributed by atoms with Gasteiger partial charge < -0.3 is 44.3 Å². The van der Waals surface area contributed by atoms with Crippen molar-refractivity contribution in [2.24, 2.45) is 5.92 Å². The highest BCUT2D eigenvalue weighted by Gasteiger charge is 2.39. The molecule has 6 aromatic rings. The van der Waals surface area contributed by atoms with Gasteiger partial charge in [0.2, 0.25) is 11.8 Å². The number of nitrogens with zero attached hydrogens (tertiary/aromatic N) is 5. The van der Waals surface area contributed by atoms with Gasteiger partial charge in [0, 0.05) is 24.2 Å². The van der Waals surface area contributed by atoms with Gasteiger partial charge in [-0.3, -0.25) is 9.59 Å². The van der Waals surface area contributed by atoms with Gasteiger partial charge in [-0.1, -0.05) is 62.4 Å². The molecule has 63 heavy (non-hydrogen) atoms. The highest BCUT2D eigenvalue weighted by molar-refractivity contribution is 5.88. The van der Waals surface area contributed by atoms with Crippen molar-refractivity contribution in [1.29, 1.82) is 0 Å². The number of benzene rings is 3. The topological polar surface area (TPSA) is 201 Å². The third kappa shape index (κ3) is 9.30. The van der Waals surface area contributed by atoms with E-state index in [4.69, 9.17) is 23.9 Å². The van der Waals surface area contributed by atoms with E-state index in [0.717, 1.165) is 53.8 Å². The Morgan fingerprint density at radius 1 is 0.762 bits per heavy atom. The molecule has 16 heteroatoms. The van der Waals surface area contributed by atoms with Crippen molar-refractivity contribution < 1.29 is 33.1 Å². The summed E-state index contributed by atoms with van der Waals surface area (Å²) in [7, 11) is 1.28. The molecule has 2 aliphatic rings. The van der Waals surface area contributed by atoms with E-state index in [2.05, 4.69) is 25.6 Å². The Morgan fingerprint density at radius 2 is 1.35 bits per heavy atom. The van der Waals surface area contributed by atoms with Gasteiger partial charge in [-0.05, 0) is 87.8 Å². The van der Waals surface area contributed by atoms with Crippen LogP contribution in [-0.2, 0) is 19.1 Å². The van der Waals surface area contributed by atoms with E-state index < -0.39 is 29.9 Å². The van der Waals surface area contributed by atoms with Gasteiger partial charge in [0.15, 0.2) is 5.58 Å². The lowest BCUT2D eigenvalue weighted by Crippen LogP contribution is -2.51. The van der Waals surface area contributed by atoms with Crippen LogP contribution in [0.15, 0.2) is 89.6 Å². The molecule has 4 amide bonds. The normalized spacial score (nSPS) is 17.5. The SMILES string of the molecule is COC(=O)NC(C(=O)N1CCCC1c1ncc(-c2ccc3nc(-c4ccc(-c5cnc(C6CCCN6C(=O)C(NC(=O)OC(C)(C)C)c6ccccc6)[nH]5)cc4)oc3c2)[nH]1)C(C)C. The fourth-order valence-corrected chi connectivity index (χ4v) is 8.35. The standard InChI is InChI=1S/C47H53N9O7/c1-27(2)38(53-45(59)61-6)43(57)55-22-10-14-35(55)41-49-26-34(51-41)31-20-21-32-37(24-31)62-42(52-32)30-18-16-28(17-19-30)33-25-48-40(50-33)36-15-11-23-56(36)44(58)39(29-12-8-7-9-13-29)54-46(60)63-47(3,4)5/h7-9,12-13,16-21,24-27,35-36,38-39H,10-11,14-15,22-23H2,1-6H3,(H,48,50)(H,49,51)(H,53,59)(H,54,60). The molecule has 5 heterocycles. The largest absolute Gasteiger partial charge is 0.453 e. The Hall–Kier alpha value is -6.97. The minimum atomic E-state index is -0.921. The van der Waals surface area contributed by atoms with Crippen molar-refractivity contribution in [2.75, 3.05) is 20.2 Å². The maximum Gasteiger partial charge on any atom is 0.408 e. The molecule has 0 saturated carbocycles. The van der Waals surface area contributed by atoms with E-state index in [1.54, 1.807) is 43.0 Å². The van der Waals surface area contributed by atoms with E-state index in [9.17, 15) is 19.2 Å². The molecule has 3 aromatic heterocycles. The van der Waals surface area contributed by atoms with Crippen LogP contribution in [0.4, 0.5) is 9.59 Å². The number of alkyl carbamates (subject to hydrolysis) is 2. The van der Waals surface area contributed by atoms with E-state index in [1.807, 2.05) is 86.6 Å². The molecule has 328 valence electrons. The lowest BCUT2D eigenvalue weighted by atomic mass is 10.0. The summed E-state index contributed by atoms with van der Waals surface area (Å²) in [6, 6.07) is 20.6. The molecule has 2 saturated heterocycles. The van der Waals surface area contributed by atoms with Crippen LogP contribution in [0.3, 0.4) is 0 Å². The number of fused-ring (bicyclic) bond motifs is 1. The Morgan fingerprint density at radius 3 is 1.95 bits per heavy atom. The van der Waals surface area contributed by atoms with E-state index in [0.29, 0.717) is 47.3 Å². The number of aromatic nitrogens is 5. The van der Waals surface area contributed by atoms with Crippen LogP contribution >= 0.6 is 0 Å². The number of amides is 4. The molecule has 0 aliphatic carbocycles. The summed E-state index contributed by atoms with van der Waals surface area (Å²) in [5.74, 6) is 1.30. The zero-order valence-corrected chi connectivity index (χ0v) is 36.3. The second-order valence-electron chi connectivity index (χ2n) is 17.4. The fraction of sp³-hybridized carbons (Fsp3) is 0.383. The van der Waals surface area contributed by atoms with Crippen molar-refractivity contribution in [3.05, 3.63) is 102 Å². The number of hydrogen-bond donors (Lipinski definition) is 4. The average molecular weight is 856 g/mol. The molecule has 2 aliphatic heterocycles. The van der Waals surface area contributed by atoms with Gasteiger partial charge in [-0.2, -0.15) is 0 Å². The number of carbonyl (C=O) groups is 4. The van der Waals surface area contributed by atoms with Gasteiger partial charge in [-0.15, -0.1) is 0 Å². The molecule has 4 atom stereocenters. The first-order valence-electron chi connectivity index (χ1n) is 21.4. The molecule has 0 bridgehead atoms. The molecular formula is C47H53N9O7. The first kappa shape index (κ1) is 42.7. The smallest absolute Gasteiger partial charge is 0.408 e. The predicted molar refractivity (Wildman–Crippen MR) is 235 cm³/mol. The number of likely N-dealkylation sites (tertiary alicyclic amines) is 2. The number of methoxy groups -OCH3 is 1. The molecule has 16 nitrogen and oxygen atoms in total.